The fourth-order valence-corrected chi connectivity index (χ4v) is 1.52. The first-order valence-corrected chi connectivity index (χ1v) is 4.26. The summed E-state index contributed by atoms with van der Waals surface area (Å²) in [6.45, 7) is 2.95. The van der Waals surface area contributed by atoms with Crippen molar-refractivity contribution in [3.8, 4) is 6.07 Å². The summed E-state index contributed by atoms with van der Waals surface area (Å²) >= 11 is 0. The highest BCUT2D eigenvalue weighted by molar-refractivity contribution is 5.79. The van der Waals surface area contributed by atoms with Gasteiger partial charge >= 0.3 is 0 Å². The molecule has 2 rings (SSSR count). The number of fused-ring (bicyclic) bond motifs is 1. The molecule has 0 fully saturated rings. The van der Waals surface area contributed by atoms with E-state index in [1.165, 1.54) is 5.57 Å². The quantitative estimate of drug-likeness (QED) is 0.649. The van der Waals surface area contributed by atoms with Crippen molar-refractivity contribution in [2.24, 2.45) is 0 Å². The van der Waals surface area contributed by atoms with Gasteiger partial charge in [0.2, 0.25) is 0 Å². The number of anilines is 1. The van der Waals surface area contributed by atoms with Gasteiger partial charge in [-0.2, -0.15) is 5.26 Å². The van der Waals surface area contributed by atoms with Crippen LogP contribution in [-0.2, 0) is 0 Å². The number of hydrogen-bond acceptors (Lipinski definition) is 2. The molecule has 0 saturated heterocycles. The van der Waals surface area contributed by atoms with Crippen LogP contribution < -0.4 is 5.32 Å². The molecule has 0 unspecified atom stereocenters. The third-order valence-corrected chi connectivity index (χ3v) is 2.27. The highest BCUT2D eigenvalue weighted by atomic mass is 14.9. The first kappa shape index (κ1) is 7.88. The molecule has 0 saturated carbocycles. The fraction of sp³-hybridized carbons (Fsp3) is 0.182. The van der Waals surface area contributed by atoms with Crippen LogP contribution in [0.5, 0.6) is 0 Å². The predicted molar refractivity (Wildman–Crippen MR) is 53.3 cm³/mol. The number of benzene rings is 1. The number of hydrogen-bond donors (Lipinski definition) is 1. The first-order valence-electron chi connectivity index (χ1n) is 4.26. The van der Waals surface area contributed by atoms with Crippen molar-refractivity contribution in [1.82, 2.24) is 0 Å². The Morgan fingerprint density at radius 2 is 2.31 bits per heavy atom. The monoisotopic (exact) mass is 170 g/mol. The highest BCUT2D eigenvalue weighted by Crippen LogP contribution is 2.27. The zero-order valence-corrected chi connectivity index (χ0v) is 7.46. The van der Waals surface area contributed by atoms with Crippen molar-refractivity contribution in [2.75, 3.05) is 11.9 Å². The molecule has 0 aromatic heterocycles. The molecule has 0 radical (unpaired) electrons. The Bertz CT molecular complexity index is 411. The molecule has 1 heterocycles. The number of nitriles is 1. The lowest BCUT2D eigenvalue weighted by atomic mass is 10.00. The van der Waals surface area contributed by atoms with Gasteiger partial charge in [0.05, 0.1) is 11.6 Å². The Balaban J connectivity index is 2.58. The molecule has 0 aliphatic carbocycles. The van der Waals surface area contributed by atoms with E-state index in [0.29, 0.717) is 0 Å². The molecule has 64 valence electrons. The fourth-order valence-electron chi connectivity index (χ4n) is 1.52. The van der Waals surface area contributed by atoms with Crippen LogP contribution in [0.25, 0.3) is 5.57 Å². The van der Waals surface area contributed by atoms with Crippen LogP contribution in [0.2, 0.25) is 0 Å². The van der Waals surface area contributed by atoms with Gasteiger partial charge in [-0.1, -0.05) is 6.08 Å². The summed E-state index contributed by atoms with van der Waals surface area (Å²) in [5, 5.41) is 12.0. The van der Waals surface area contributed by atoms with E-state index < -0.39 is 0 Å². The number of allylic oxidation sites excluding steroid dienone is 1. The minimum atomic E-state index is 0.718. The van der Waals surface area contributed by atoms with E-state index in [2.05, 4.69) is 24.4 Å². The Labute approximate surface area is 77.5 Å². The lowest BCUT2D eigenvalue weighted by molar-refractivity contribution is 1.28. The maximum absolute atomic E-state index is 8.74. The first-order chi connectivity index (χ1) is 6.31. The van der Waals surface area contributed by atoms with Crippen LogP contribution in [0.4, 0.5) is 5.69 Å². The maximum Gasteiger partial charge on any atom is 0.0991 e. The Kier molecular flexibility index (Phi) is 1.79. The van der Waals surface area contributed by atoms with E-state index in [-0.39, 0.29) is 0 Å². The lowest BCUT2D eigenvalue weighted by Crippen LogP contribution is -2.06. The Morgan fingerprint density at radius 1 is 1.46 bits per heavy atom. The summed E-state index contributed by atoms with van der Waals surface area (Å²) in [6, 6.07) is 7.87. The van der Waals surface area contributed by atoms with E-state index in [1.54, 1.807) is 0 Å². The molecule has 2 heteroatoms. The van der Waals surface area contributed by atoms with Crippen LogP contribution >= 0.6 is 0 Å². The summed E-state index contributed by atoms with van der Waals surface area (Å²) < 4.78 is 0. The van der Waals surface area contributed by atoms with Crippen molar-refractivity contribution in [3.05, 3.63) is 35.4 Å². The number of rotatable bonds is 0. The Morgan fingerprint density at radius 3 is 3.08 bits per heavy atom. The van der Waals surface area contributed by atoms with Gasteiger partial charge in [-0.3, -0.25) is 0 Å². The summed E-state index contributed by atoms with van der Waals surface area (Å²) in [5.41, 5.74) is 4.23. The molecule has 2 nitrogen and oxygen atoms in total. The van der Waals surface area contributed by atoms with E-state index in [9.17, 15) is 0 Å². The number of nitrogens with one attached hydrogen (secondary N) is 1. The summed E-state index contributed by atoms with van der Waals surface area (Å²) in [6.07, 6.45) is 2.13. The van der Waals surface area contributed by atoms with E-state index in [0.717, 1.165) is 23.4 Å². The molecular weight excluding hydrogens is 160 g/mol. The molecule has 1 aliphatic heterocycles. The van der Waals surface area contributed by atoms with Crippen LogP contribution in [0, 0.1) is 11.3 Å². The van der Waals surface area contributed by atoms with E-state index in [4.69, 9.17) is 5.26 Å². The van der Waals surface area contributed by atoms with Gasteiger partial charge < -0.3 is 5.32 Å². The van der Waals surface area contributed by atoms with Crippen molar-refractivity contribution in [1.29, 1.82) is 5.26 Å². The van der Waals surface area contributed by atoms with Crippen molar-refractivity contribution < 1.29 is 0 Å². The van der Waals surface area contributed by atoms with Crippen molar-refractivity contribution in [3.63, 3.8) is 0 Å². The molecule has 0 atom stereocenters. The molecule has 13 heavy (non-hydrogen) atoms. The van der Waals surface area contributed by atoms with Gasteiger partial charge in [-0.05, 0) is 30.7 Å². The van der Waals surface area contributed by atoms with Crippen LogP contribution in [-0.4, -0.2) is 6.54 Å². The van der Waals surface area contributed by atoms with Crippen molar-refractivity contribution >= 4 is 11.3 Å². The molecular formula is C11H10N2. The molecule has 1 N–H and O–H groups in total. The van der Waals surface area contributed by atoms with Gasteiger partial charge in [0, 0.05) is 17.8 Å². The van der Waals surface area contributed by atoms with Gasteiger partial charge in [0.15, 0.2) is 0 Å². The van der Waals surface area contributed by atoms with Gasteiger partial charge in [-0.25, -0.2) is 0 Å². The van der Waals surface area contributed by atoms with E-state index in [1.807, 2.05) is 18.2 Å². The van der Waals surface area contributed by atoms with Crippen molar-refractivity contribution in [2.45, 2.75) is 6.92 Å². The second-order valence-electron chi connectivity index (χ2n) is 3.14. The summed E-state index contributed by atoms with van der Waals surface area (Å²) in [4.78, 5) is 0. The predicted octanol–water partition coefficient (Wildman–Crippen LogP) is 2.39. The smallest absolute Gasteiger partial charge is 0.0991 e. The number of nitrogens with zero attached hydrogens (tertiary/aromatic N) is 1. The molecule has 0 spiro atoms. The molecule has 0 amide bonds. The second kappa shape index (κ2) is 2.95. The molecule has 1 aromatic carbocycles. The average Bonchev–Trinajstić information content (AvgIpc) is 2.18. The zero-order chi connectivity index (χ0) is 9.26. The highest BCUT2D eigenvalue weighted by Gasteiger charge is 2.08. The standard InChI is InChI=1S/C11H10N2/c1-8-4-5-13-11-3-2-9(7-12)6-10(8)11/h2-4,6,13H,5H2,1H3. The normalized spacial score (nSPS) is 13.7. The summed E-state index contributed by atoms with van der Waals surface area (Å²) in [7, 11) is 0. The zero-order valence-electron chi connectivity index (χ0n) is 7.46. The van der Waals surface area contributed by atoms with E-state index >= 15 is 0 Å². The van der Waals surface area contributed by atoms with Crippen LogP contribution in [0.3, 0.4) is 0 Å². The van der Waals surface area contributed by atoms with Gasteiger partial charge in [-0.15, -0.1) is 0 Å². The minimum Gasteiger partial charge on any atom is -0.381 e. The van der Waals surface area contributed by atoms with Crippen LogP contribution in [0.15, 0.2) is 24.3 Å². The van der Waals surface area contributed by atoms with Gasteiger partial charge in [0.1, 0.15) is 0 Å². The third-order valence-electron chi connectivity index (χ3n) is 2.27. The maximum atomic E-state index is 8.74. The lowest BCUT2D eigenvalue weighted by Gasteiger charge is -2.16. The van der Waals surface area contributed by atoms with Crippen LogP contribution in [0.1, 0.15) is 18.1 Å². The molecule has 1 aromatic rings. The average molecular weight is 170 g/mol. The SMILES string of the molecule is CC1=CCNc2ccc(C#N)cc21. The summed E-state index contributed by atoms with van der Waals surface area (Å²) in [5.74, 6) is 0. The topological polar surface area (TPSA) is 35.8 Å². The molecule has 1 aliphatic rings. The third kappa shape index (κ3) is 1.29. The van der Waals surface area contributed by atoms with Gasteiger partial charge in [0.25, 0.3) is 0 Å². The second-order valence-corrected chi connectivity index (χ2v) is 3.14. The largest absolute Gasteiger partial charge is 0.381 e. The Hall–Kier alpha value is -1.75. The molecule has 0 bridgehead atoms. The minimum absolute atomic E-state index is 0.718.